The third kappa shape index (κ3) is 2.05. The number of carboxylic acids is 1. The van der Waals surface area contributed by atoms with Crippen molar-refractivity contribution in [2.24, 2.45) is 0 Å². The second kappa shape index (κ2) is 3.61. The maximum Gasteiger partial charge on any atom is 0.184 e. The third-order valence-corrected chi connectivity index (χ3v) is 5.47. The first-order chi connectivity index (χ1) is 6.68. The molecule has 0 N–H and O–H groups in total. The standard InChI is InChI=1S/C9H12O4S2/c1-9(2,3)15(12,13)6-4-5-14-7(6)8(10)11/h4-5H,1-3H3,(H,10,11)/p-1. The molecule has 0 fully saturated rings. The molecule has 0 aliphatic carbocycles. The molecule has 1 aromatic heterocycles. The van der Waals surface area contributed by atoms with Crippen LogP contribution in [0, 0.1) is 0 Å². The van der Waals surface area contributed by atoms with Gasteiger partial charge in [-0.3, -0.25) is 0 Å². The van der Waals surface area contributed by atoms with Crippen molar-refractivity contribution in [3.8, 4) is 0 Å². The van der Waals surface area contributed by atoms with Crippen molar-refractivity contribution in [3.05, 3.63) is 16.3 Å². The van der Waals surface area contributed by atoms with Crippen molar-refractivity contribution in [2.45, 2.75) is 30.4 Å². The van der Waals surface area contributed by atoms with E-state index in [1.54, 1.807) is 0 Å². The number of hydrogen-bond acceptors (Lipinski definition) is 5. The first-order valence-electron chi connectivity index (χ1n) is 4.21. The molecule has 0 radical (unpaired) electrons. The van der Waals surface area contributed by atoms with E-state index in [2.05, 4.69) is 0 Å². The van der Waals surface area contributed by atoms with E-state index in [1.807, 2.05) is 0 Å². The normalized spacial score (nSPS) is 12.7. The van der Waals surface area contributed by atoms with Gasteiger partial charge in [-0.2, -0.15) is 0 Å². The van der Waals surface area contributed by atoms with Crippen LogP contribution in [0.3, 0.4) is 0 Å². The first kappa shape index (κ1) is 12.2. The van der Waals surface area contributed by atoms with Crippen LogP contribution < -0.4 is 5.11 Å². The molecule has 0 aliphatic heterocycles. The highest BCUT2D eigenvalue weighted by atomic mass is 32.2. The summed E-state index contributed by atoms with van der Waals surface area (Å²) in [5.74, 6) is -1.45. The second-order valence-corrected chi connectivity index (χ2v) is 7.60. The number of carbonyl (C=O) groups is 1. The summed E-state index contributed by atoms with van der Waals surface area (Å²) in [7, 11) is -3.62. The van der Waals surface area contributed by atoms with Crippen molar-refractivity contribution in [3.63, 3.8) is 0 Å². The van der Waals surface area contributed by atoms with Crippen molar-refractivity contribution in [2.75, 3.05) is 0 Å². The summed E-state index contributed by atoms with van der Waals surface area (Å²) in [6.07, 6.45) is 0. The fourth-order valence-electron chi connectivity index (χ4n) is 0.988. The van der Waals surface area contributed by atoms with Gasteiger partial charge in [0.1, 0.15) is 0 Å². The van der Waals surface area contributed by atoms with E-state index < -0.39 is 20.6 Å². The van der Waals surface area contributed by atoms with Crippen molar-refractivity contribution < 1.29 is 18.3 Å². The smallest absolute Gasteiger partial charge is 0.184 e. The zero-order valence-electron chi connectivity index (χ0n) is 8.60. The Labute approximate surface area is 92.5 Å². The van der Waals surface area contributed by atoms with Gasteiger partial charge in [-0.15, -0.1) is 11.3 Å². The molecular weight excluding hydrogens is 236 g/mol. The van der Waals surface area contributed by atoms with Crippen LogP contribution in [0.2, 0.25) is 0 Å². The summed E-state index contributed by atoms with van der Waals surface area (Å²) in [5, 5.41) is 12.1. The number of aromatic carboxylic acids is 1. The topological polar surface area (TPSA) is 74.3 Å². The lowest BCUT2D eigenvalue weighted by atomic mass is 10.3. The predicted octanol–water partition coefficient (Wildman–Crippen LogP) is 0.684. The molecule has 0 aromatic carbocycles. The second-order valence-electron chi connectivity index (χ2n) is 4.02. The van der Waals surface area contributed by atoms with E-state index in [0.717, 1.165) is 11.3 Å². The molecule has 0 spiro atoms. The zero-order chi connectivity index (χ0) is 11.9. The Bertz CT molecular complexity index is 476. The molecule has 4 nitrogen and oxygen atoms in total. The maximum atomic E-state index is 12.0. The van der Waals surface area contributed by atoms with Gasteiger partial charge in [0.2, 0.25) is 0 Å². The summed E-state index contributed by atoms with van der Waals surface area (Å²) >= 11 is 0.859. The number of sulfone groups is 1. The first-order valence-corrected chi connectivity index (χ1v) is 6.57. The zero-order valence-corrected chi connectivity index (χ0v) is 10.2. The van der Waals surface area contributed by atoms with Crippen LogP contribution in [0.15, 0.2) is 16.3 Å². The minimum Gasteiger partial charge on any atom is -0.544 e. The molecule has 0 saturated carbocycles. The molecule has 1 aromatic rings. The monoisotopic (exact) mass is 247 g/mol. The average molecular weight is 247 g/mol. The molecule has 6 heteroatoms. The van der Waals surface area contributed by atoms with Gasteiger partial charge in [-0.05, 0) is 32.2 Å². The Morgan fingerprint density at radius 1 is 1.40 bits per heavy atom. The van der Waals surface area contributed by atoms with Gasteiger partial charge in [-0.1, -0.05) is 0 Å². The molecule has 1 rings (SSSR count). The van der Waals surface area contributed by atoms with Gasteiger partial charge in [0.05, 0.1) is 20.5 Å². The van der Waals surface area contributed by atoms with Crippen LogP contribution in [-0.2, 0) is 9.84 Å². The van der Waals surface area contributed by atoms with Gasteiger partial charge in [0.15, 0.2) is 9.84 Å². The van der Waals surface area contributed by atoms with Gasteiger partial charge >= 0.3 is 0 Å². The number of carboxylic acid groups (broad SMARTS) is 1. The summed E-state index contributed by atoms with van der Waals surface area (Å²) in [5.41, 5.74) is 0. The number of thiophene rings is 1. The highest BCUT2D eigenvalue weighted by Crippen LogP contribution is 2.30. The summed E-state index contributed by atoms with van der Waals surface area (Å²) in [4.78, 5) is 10.3. The van der Waals surface area contributed by atoms with Gasteiger partial charge < -0.3 is 9.90 Å². The van der Waals surface area contributed by atoms with E-state index in [9.17, 15) is 18.3 Å². The number of carbonyl (C=O) groups excluding carboxylic acids is 1. The molecular formula is C9H11O4S2-. The molecule has 0 unspecified atom stereocenters. The van der Waals surface area contributed by atoms with Crippen LogP contribution in [0.5, 0.6) is 0 Å². The Morgan fingerprint density at radius 2 is 1.93 bits per heavy atom. The molecule has 1 heterocycles. The van der Waals surface area contributed by atoms with Gasteiger partial charge in [-0.25, -0.2) is 8.42 Å². The lowest BCUT2D eigenvalue weighted by Crippen LogP contribution is -2.30. The Balaban J connectivity index is 3.42. The highest BCUT2D eigenvalue weighted by molar-refractivity contribution is 7.93. The van der Waals surface area contributed by atoms with Crippen LogP contribution in [-0.4, -0.2) is 19.1 Å². The summed E-state index contributed by atoms with van der Waals surface area (Å²) < 4.78 is 22.9. The van der Waals surface area contributed by atoms with Crippen LogP contribution in [0.4, 0.5) is 0 Å². The molecule has 0 saturated heterocycles. The fourth-order valence-corrected chi connectivity index (χ4v) is 3.40. The van der Waals surface area contributed by atoms with Gasteiger partial charge in [0.25, 0.3) is 0 Å². The molecule has 0 bridgehead atoms. The van der Waals surface area contributed by atoms with E-state index >= 15 is 0 Å². The molecule has 0 aliphatic rings. The average Bonchev–Trinajstić information content (AvgIpc) is 2.48. The maximum absolute atomic E-state index is 12.0. The van der Waals surface area contributed by atoms with Crippen LogP contribution in [0.25, 0.3) is 0 Å². The molecule has 84 valence electrons. The number of rotatable bonds is 2. The summed E-state index contributed by atoms with van der Waals surface area (Å²) in [6.45, 7) is 4.58. The Kier molecular flexibility index (Phi) is 2.93. The largest absolute Gasteiger partial charge is 0.544 e. The summed E-state index contributed by atoms with van der Waals surface area (Å²) in [6, 6.07) is 1.30. The highest BCUT2D eigenvalue weighted by Gasteiger charge is 2.33. The van der Waals surface area contributed by atoms with Crippen LogP contribution >= 0.6 is 11.3 Å². The minimum absolute atomic E-state index is 0.153. The molecule has 0 atom stereocenters. The van der Waals surface area contributed by atoms with Crippen molar-refractivity contribution in [1.82, 2.24) is 0 Å². The fraction of sp³-hybridized carbons (Fsp3) is 0.444. The Hall–Kier alpha value is -0.880. The SMILES string of the molecule is CC(C)(C)S(=O)(=O)c1ccsc1C(=O)[O-]. The molecule has 0 amide bonds. The predicted molar refractivity (Wildman–Crippen MR) is 55.6 cm³/mol. The third-order valence-electron chi connectivity index (χ3n) is 1.91. The van der Waals surface area contributed by atoms with E-state index in [1.165, 1.54) is 32.2 Å². The quantitative estimate of drug-likeness (QED) is 0.770. The van der Waals surface area contributed by atoms with Crippen molar-refractivity contribution >= 4 is 27.1 Å². The molecule has 15 heavy (non-hydrogen) atoms. The van der Waals surface area contributed by atoms with Crippen LogP contribution in [0.1, 0.15) is 30.4 Å². The van der Waals surface area contributed by atoms with E-state index in [4.69, 9.17) is 0 Å². The van der Waals surface area contributed by atoms with Gasteiger partial charge in [0, 0.05) is 0 Å². The minimum atomic E-state index is -3.62. The van der Waals surface area contributed by atoms with E-state index in [-0.39, 0.29) is 9.77 Å². The van der Waals surface area contributed by atoms with Crippen molar-refractivity contribution in [1.29, 1.82) is 0 Å². The lowest BCUT2D eigenvalue weighted by Gasteiger charge is -2.19. The Morgan fingerprint density at radius 3 is 2.33 bits per heavy atom. The van der Waals surface area contributed by atoms with E-state index in [0.29, 0.717) is 0 Å². The number of hydrogen-bond donors (Lipinski definition) is 0. The lowest BCUT2D eigenvalue weighted by molar-refractivity contribution is -0.254.